The van der Waals surface area contributed by atoms with Crippen LogP contribution < -0.4 is 15.0 Å². The minimum atomic E-state index is -0.0787. The number of ether oxygens (including phenoxy) is 2. The maximum atomic E-state index is 12.9. The van der Waals surface area contributed by atoms with E-state index in [0.717, 1.165) is 40.7 Å². The fourth-order valence-corrected chi connectivity index (χ4v) is 5.75. The van der Waals surface area contributed by atoms with Crippen molar-refractivity contribution in [3.8, 4) is 22.9 Å². The summed E-state index contributed by atoms with van der Waals surface area (Å²) in [4.78, 5) is 27.0. The number of benzene rings is 1. The Morgan fingerprint density at radius 1 is 1.23 bits per heavy atom. The monoisotopic (exact) mass is 497 g/mol. The first kappa shape index (κ1) is 20.2. The Morgan fingerprint density at radius 2 is 2.10 bits per heavy atom. The highest BCUT2D eigenvalue weighted by Crippen LogP contribution is 2.40. The molecule has 3 heterocycles. The fourth-order valence-electron chi connectivity index (χ4n) is 3.93. The number of fused-ring (bicyclic) bond motifs is 3. The first-order valence-corrected chi connectivity index (χ1v) is 11.7. The summed E-state index contributed by atoms with van der Waals surface area (Å²) >= 11 is 5.22. The molecule has 0 amide bonds. The molecule has 0 fully saturated rings. The van der Waals surface area contributed by atoms with Crippen molar-refractivity contribution < 1.29 is 9.47 Å². The molecule has 1 aliphatic carbocycles. The van der Waals surface area contributed by atoms with Crippen molar-refractivity contribution in [2.24, 2.45) is 0 Å². The number of thiophene rings is 1. The quantitative estimate of drug-likeness (QED) is 0.406. The summed E-state index contributed by atoms with van der Waals surface area (Å²) in [6, 6.07) is 9.40. The van der Waals surface area contributed by atoms with Crippen LogP contribution >= 0.6 is 27.3 Å². The molecule has 8 heteroatoms. The number of pyridine rings is 1. The summed E-state index contributed by atoms with van der Waals surface area (Å²) in [5.41, 5.74) is 2.67. The molecule has 3 aromatic heterocycles. The lowest BCUT2D eigenvalue weighted by atomic mass is 9.97. The van der Waals surface area contributed by atoms with Gasteiger partial charge >= 0.3 is 0 Å². The highest BCUT2D eigenvalue weighted by Gasteiger charge is 2.21. The molecule has 1 aliphatic rings. The number of aromatic nitrogens is 3. The third kappa shape index (κ3) is 3.85. The normalized spacial score (nSPS) is 13.2. The van der Waals surface area contributed by atoms with E-state index in [1.807, 2.05) is 30.3 Å². The second kappa shape index (κ2) is 8.43. The molecule has 6 nitrogen and oxygen atoms in total. The number of aromatic amines is 1. The predicted molar refractivity (Wildman–Crippen MR) is 125 cm³/mol. The van der Waals surface area contributed by atoms with E-state index in [4.69, 9.17) is 14.5 Å². The first-order valence-electron chi connectivity index (χ1n) is 10.1. The van der Waals surface area contributed by atoms with Crippen molar-refractivity contribution in [3.63, 3.8) is 0 Å². The molecule has 1 aromatic carbocycles. The lowest BCUT2D eigenvalue weighted by Gasteiger charge is -2.14. The van der Waals surface area contributed by atoms with Crippen molar-refractivity contribution in [2.45, 2.75) is 32.3 Å². The van der Waals surface area contributed by atoms with Gasteiger partial charge in [-0.2, -0.15) is 0 Å². The molecule has 0 saturated heterocycles. The van der Waals surface area contributed by atoms with Crippen molar-refractivity contribution in [3.05, 3.63) is 67.5 Å². The molecule has 4 aromatic rings. The molecule has 5 rings (SSSR count). The number of nitrogens with one attached hydrogen (secondary N) is 1. The summed E-state index contributed by atoms with van der Waals surface area (Å²) in [5, 5.41) is 0.754. The van der Waals surface area contributed by atoms with Gasteiger partial charge in [0.05, 0.1) is 22.7 Å². The van der Waals surface area contributed by atoms with Crippen LogP contribution in [0.2, 0.25) is 0 Å². The van der Waals surface area contributed by atoms with E-state index in [1.54, 1.807) is 24.6 Å². The third-order valence-corrected chi connectivity index (χ3v) is 7.19. The van der Waals surface area contributed by atoms with E-state index in [1.165, 1.54) is 16.9 Å². The lowest BCUT2D eigenvalue weighted by Crippen LogP contribution is -2.11. The topological polar surface area (TPSA) is 77.1 Å². The van der Waals surface area contributed by atoms with Crippen LogP contribution in [0.25, 0.3) is 21.6 Å². The molecule has 0 atom stereocenters. The highest BCUT2D eigenvalue weighted by molar-refractivity contribution is 9.10. The standard InChI is InChI=1S/C23H20BrN3O3S/c1-29-17-11-13(10-16(24)20(17)30-12-14-6-4-5-9-25-14)21-26-22(28)19-15-7-2-3-8-18(15)31-23(19)27-21/h4-6,9-11H,2-3,7-8,12H2,1H3,(H,26,27,28). The molecular formula is C23H20BrN3O3S. The second-order valence-corrected chi connectivity index (χ2v) is 9.34. The Kier molecular flexibility index (Phi) is 5.50. The number of hydrogen-bond acceptors (Lipinski definition) is 6. The van der Waals surface area contributed by atoms with Gasteiger partial charge in [0.25, 0.3) is 5.56 Å². The number of methoxy groups -OCH3 is 1. The van der Waals surface area contributed by atoms with Crippen LogP contribution in [-0.2, 0) is 19.4 Å². The molecule has 158 valence electrons. The van der Waals surface area contributed by atoms with Gasteiger partial charge in [-0.3, -0.25) is 9.78 Å². The van der Waals surface area contributed by atoms with Crippen LogP contribution in [-0.4, -0.2) is 22.1 Å². The van der Waals surface area contributed by atoms with Gasteiger partial charge in [-0.1, -0.05) is 6.07 Å². The maximum absolute atomic E-state index is 12.9. The zero-order chi connectivity index (χ0) is 21.4. The van der Waals surface area contributed by atoms with Gasteiger partial charge in [-0.25, -0.2) is 4.98 Å². The fraction of sp³-hybridized carbons (Fsp3) is 0.261. The summed E-state index contributed by atoms with van der Waals surface area (Å²) < 4.78 is 12.2. The predicted octanol–water partition coefficient (Wildman–Crippen LogP) is 5.28. The smallest absolute Gasteiger partial charge is 0.260 e. The second-order valence-electron chi connectivity index (χ2n) is 7.40. The SMILES string of the molecule is COc1cc(-c2nc3sc4c(c3c(=O)[nH]2)CCCC4)cc(Br)c1OCc1ccccn1. The van der Waals surface area contributed by atoms with Gasteiger partial charge in [-0.05, 0) is 71.4 Å². The Hall–Kier alpha value is -2.71. The Balaban J connectivity index is 1.52. The van der Waals surface area contributed by atoms with E-state index in [9.17, 15) is 4.79 Å². The molecule has 31 heavy (non-hydrogen) atoms. The molecule has 0 spiro atoms. The number of H-pyrrole nitrogens is 1. The van der Waals surface area contributed by atoms with Gasteiger partial charge in [0, 0.05) is 16.6 Å². The maximum Gasteiger partial charge on any atom is 0.260 e. The Bertz CT molecular complexity index is 1320. The van der Waals surface area contributed by atoms with Gasteiger partial charge in [-0.15, -0.1) is 11.3 Å². The molecular weight excluding hydrogens is 478 g/mol. The van der Waals surface area contributed by atoms with Crippen LogP contribution in [0.15, 0.2) is 45.8 Å². The molecule has 0 saturated carbocycles. The zero-order valence-corrected chi connectivity index (χ0v) is 19.3. The van der Waals surface area contributed by atoms with E-state index >= 15 is 0 Å². The van der Waals surface area contributed by atoms with Crippen LogP contribution in [0, 0.1) is 0 Å². The number of nitrogens with zero attached hydrogens (tertiary/aromatic N) is 2. The highest BCUT2D eigenvalue weighted by atomic mass is 79.9. The van der Waals surface area contributed by atoms with Crippen molar-refractivity contribution >= 4 is 37.5 Å². The minimum Gasteiger partial charge on any atom is -0.493 e. The summed E-state index contributed by atoms with van der Waals surface area (Å²) in [7, 11) is 1.59. The summed E-state index contributed by atoms with van der Waals surface area (Å²) in [6.07, 6.45) is 6.03. The summed E-state index contributed by atoms with van der Waals surface area (Å²) in [6.45, 7) is 0.316. The third-order valence-electron chi connectivity index (χ3n) is 5.42. The number of aryl methyl sites for hydroxylation is 2. The Labute approximate surface area is 191 Å². The van der Waals surface area contributed by atoms with Gasteiger partial charge in [0.2, 0.25) is 0 Å². The molecule has 0 bridgehead atoms. The van der Waals surface area contributed by atoms with E-state index < -0.39 is 0 Å². The number of halogens is 1. The van der Waals surface area contributed by atoms with Crippen molar-refractivity contribution in [1.29, 1.82) is 0 Å². The van der Waals surface area contributed by atoms with Gasteiger partial charge < -0.3 is 14.5 Å². The summed E-state index contributed by atoms with van der Waals surface area (Å²) in [5.74, 6) is 1.65. The first-order chi connectivity index (χ1) is 15.1. The zero-order valence-electron chi connectivity index (χ0n) is 16.9. The molecule has 0 unspecified atom stereocenters. The van der Waals surface area contributed by atoms with E-state index in [-0.39, 0.29) is 5.56 Å². The van der Waals surface area contributed by atoms with Crippen molar-refractivity contribution in [1.82, 2.24) is 15.0 Å². The van der Waals surface area contributed by atoms with Crippen LogP contribution in [0.5, 0.6) is 11.5 Å². The Morgan fingerprint density at radius 3 is 2.90 bits per heavy atom. The van der Waals surface area contributed by atoms with Crippen LogP contribution in [0.3, 0.4) is 0 Å². The van der Waals surface area contributed by atoms with Crippen molar-refractivity contribution in [2.75, 3.05) is 7.11 Å². The number of rotatable bonds is 5. The molecule has 0 radical (unpaired) electrons. The van der Waals surface area contributed by atoms with E-state index in [2.05, 4.69) is 25.9 Å². The largest absolute Gasteiger partial charge is 0.493 e. The number of hydrogen-bond donors (Lipinski definition) is 1. The van der Waals surface area contributed by atoms with Crippen LogP contribution in [0.1, 0.15) is 29.0 Å². The average molecular weight is 498 g/mol. The lowest BCUT2D eigenvalue weighted by molar-refractivity contribution is 0.279. The molecule has 0 aliphatic heterocycles. The van der Waals surface area contributed by atoms with E-state index in [0.29, 0.717) is 28.4 Å². The van der Waals surface area contributed by atoms with Gasteiger partial charge in [0.1, 0.15) is 17.3 Å². The minimum absolute atomic E-state index is 0.0787. The molecule has 1 N–H and O–H groups in total. The average Bonchev–Trinajstić information content (AvgIpc) is 3.17. The van der Waals surface area contributed by atoms with Gasteiger partial charge in [0.15, 0.2) is 11.5 Å². The van der Waals surface area contributed by atoms with Crippen LogP contribution in [0.4, 0.5) is 0 Å².